The Kier molecular flexibility index (Phi) is 6.53. The maximum atomic E-state index is 13.3. The quantitative estimate of drug-likeness (QED) is 0.561. The summed E-state index contributed by atoms with van der Waals surface area (Å²) >= 11 is 5.74. The fourth-order valence-electron chi connectivity index (χ4n) is 2.11. The first-order valence-corrected chi connectivity index (χ1v) is 9.47. The average molecular weight is 414 g/mol. The molecular formula is C17H17ClFN3O4S. The van der Waals surface area contributed by atoms with Gasteiger partial charge in [0.2, 0.25) is 10.0 Å². The van der Waals surface area contributed by atoms with Crippen LogP contribution in [0, 0.1) is 5.82 Å². The number of likely N-dealkylation sites (N-methyl/N-ethyl adjacent to an activating group) is 1. The van der Waals surface area contributed by atoms with Crippen LogP contribution >= 0.6 is 11.6 Å². The Hall–Kier alpha value is -2.49. The fraction of sp³-hybridized carbons (Fsp3) is 0.176. The number of nitrogens with one attached hydrogen (secondary N) is 1. The van der Waals surface area contributed by atoms with Gasteiger partial charge in [-0.05, 0) is 49.4 Å². The highest BCUT2D eigenvalue weighted by atomic mass is 35.5. The normalized spacial score (nSPS) is 12.3. The molecule has 2 N–H and O–H groups in total. The molecule has 0 aliphatic heterocycles. The van der Waals surface area contributed by atoms with Crippen LogP contribution in [-0.2, 0) is 14.8 Å². The summed E-state index contributed by atoms with van der Waals surface area (Å²) in [6, 6.07) is 8.85. The molecule has 0 unspecified atom stereocenters. The van der Waals surface area contributed by atoms with Gasteiger partial charge in [-0.2, -0.15) is 9.41 Å². The first-order valence-electron chi connectivity index (χ1n) is 7.65. The van der Waals surface area contributed by atoms with Gasteiger partial charge in [0.1, 0.15) is 11.6 Å². The second-order valence-electron chi connectivity index (χ2n) is 5.61. The summed E-state index contributed by atoms with van der Waals surface area (Å²) < 4.78 is 38.9. The zero-order valence-corrected chi connectivity index (χ0v) is 16.1. The standard InChI is InChI=1S/C17H17ClFN3O4S/c1-11(15-9-13(19)5-8-16(15)23)20-21-17(24)10-22(2)27(25,26)14-6-3-12(18)4-7-14/h3-9,23H,10H2,1-2H3,(H,21,24)/b20-11+. The number of hydrogen-bond acceptors (Lipinski definition) is 5. The van der Waals surface area contributed by atoms with Crippen molar-refractivity contribution in [2.45, 2.75) is 11.8 Å². The molecule has 0 spiro atoms. The number of amides is 1. The van der Waals surface area contributed by atoms with Gasteiger partial charge in [-0.1, -0.05) is 11.6 Å². The number of hydrogen-bond donors (Lipinski definition) is 2. The number of benzene rings is 2. The number of aromatic hydroxyl groups is 1. The monoisotopic (exact) mass is 413 g/mol. The Morgan fingerprint density at radius 2 is 1.89 bits per heavy atom. The van der Waals surface area contributed by atoms with Crippen molar-refractivity contribution in [3.05, 3.63) is 58.9 Å². The van der Waals surface area contributed by atoms with Crippen LogP contribution in [0.25, 0.3) is 0 Å². The predicted molar refractivity (Wildman–Crippen MR) is 99.7 cm³/mol. The van der Waals surface area contributed by atoms with E-state index >= 15 is 0 Å². The molecule has 2 rings (SSSR count). The van der Waals surface area contributed by atoms with E-state index in [4.69, 9.17) is 11.6 Å². The minimum Gasteiger partial charge on any atom is -0.507 e. The molecule has 0 saturated carbocycles. The van der Waals surface area contributed by atoms with Crippen molar-refractivity contribution in [1.29, 1.82) is 0 Å². The summed E-state index contributed by atoms with van der Waals surface area (Å²) in [5, 5.41) is 13.9. The predicted octanol–water partition coefficient (Wildman–Crippen LogP) is 2.35. The Bertz CT molecular complexity index is 978. The summed E-state index contributed by atoms with van der Waals surface area (Å²) in [7, 11) is -2.63. The number of halogens is 2. The van der Waals surface area contributed by atoms with Crippen LogP contribution in [0.1, 0.15) is 12.5 Å². The minimum atomic E-state index is -3.88. The highest BCUT2D eigenvalue weighted by Crippen LogP contribution is 2.19. The molecule has 0 bridgehead atoms. The Morgan fingerprint density at radius 1 is 1.26 bits per heavy atom. The highest BCUT2D eigenvalue weighted by Gasteiger charge is 2.22. The van der Waals surface area contributed by atoms with E-state index in [0.717, 1.165) is 22.5 Å². The number of carbonyl (C=O) groups excluding carboxylic acids is 1. The van der Waals surface area contributed by atoms with Crippen molar-refractivity contribution >= 4 is 33.2 Å². The van der Waals surface area contributed by atoms with Gasteiger partial charge in [-0.3, -0.25) is 4.79 Å². The summed E-state index contributed by atoms with van der Waals surface area (Å²) in [4.78, 5) is 12.0. The second kappa shape index (κ2) is 8.47. The van der Waals surface area contributed by atoms with Crippen LogP contribution in [0.3, 0.4) is 0 Å². The first-order chi connectivity index (χ1) is 12.6. The number of phenols is 1. The molecule has 0 atom stereocenters. The lowest BCUT2D eigenvalue weighted by Crippen LogP contribution is -2.36. The Labute approximate surface area is 161 Å². The van der Waals surface area contributed by atoms with Gasteiger partial charge in [0.25, 0.3) is 5.91 Å². The number of hydrazone groups is 1. The molecule has 2 aromatic rings. The third-order valence-corrected chi connectivity index (χ3v) is 5.65. The van der Waals surface area contributed by atoms with E-state index < -0.39 is 28.3 Å². The fourth-order valence-corrected chi connectivity index (χ4v) is 3.37. The van der Waals surface area contributed by atoms with Gasteiger partial charge in [0.05, 0.1) is 17.2 Å². The Balaban J connectivity index is 2.06. The Morgan fingerprint density at radius 3 is 2.52 bits per heavy atom. The third kappa shape index (κ3) is 5.25. The summed E-state index contributed by atoms with van der Waals surface area (Å²) in [6.07, 6.45) is 0. The van der Waals surface area contributed by atoms with Crippen LogP contribution < -0.4 is 5.43 Å². The van der Waals surface area contributed by atoms with Gasteiger partial charge < -0.3 is 5.11 Å². The average Bonchev–Trinajstić information content (AvgIpc) is 2.62. The van der Waals surface area contributed by atoms with E-state index in [1.807, 2.05) is 0 Å². The van der Waals surface area contributed by atoms with Gasteiger partial charge >= 0.3 is 0 Å². The van der Waals surface area contributed by atoms with E-state index in [-0.39, 0.29) is 21.9 Å². The third-order valence-electron chi connectivity index (χ3n) is 3.58. The van der Waals surface area contributed by atoms with Gasteiger partial charge in [0, 0.05) is 17.6 Å². The maximum Gasteiger partial charge on any atom is 0.255 e. The molecule has 144 valence electrons. The number of sulfonamides is 1. The van der Waals surface area contributed by atoms with Crippen molar-refractivity contribution in [3.63, 3.8) is 0 Å². The van der Waals surface area contributed by atoms with Gasteiger partial charge in [0.15, 0.2) is 0 Å². The van der Waals surface area contributed by atoms with Crippen LogP contribution in [-0.4, -0.2) is 43.0 Å². The lowest BCUT2D eigenvalue weighted by Gasteiger charge is -2.16. The maximum absolute atomic E-state index is 13.3. The molecule has 10 heteroatoms. The van der Waals surface area contributed by atoms with E-state index in [1.54, 1.807) is 0 Å². The second-order valence-corrected chi connectivity index (χ2v) is 8.09. The van der Waals surface area contributed by atoms with Crippen LogP contribution in [0.2, 0.25) is 5.02 Å². The van der Waals surface area contributed by atoms with Gasteiger partial charge in [-0.15, -0.1) is 0 Å². The lowest BCUT2D eigenvalue weighted by atomic mass is 10.1. The van der Waals surface area contributed by atoms with E-state index in [1.165, 1.54) is 38.2 Å². The number of phenolic OH excluding ortho intramolecular Hbond substituents is 1. The SMILES string of the molecule is C/C(=N\NC(=O)CN(C)S(=O)(=O)c1ccc(Cl)cc1)c1cc(F)ccc1O. The minimum absolute atomic E-state index is 0.00781. The van der Waals surface area contributed by atoms with Crippen molar-refractivity contribution in [2.75, 3.05) is 13.6 Å². The van der Waals surface area contributed by atoms with E-state index in [0.29, 0.717) is 5.02 Å². The largest absolute Gasteiger partial charge is 0.507 e. The summed E-state index contributed by atoms with van der Waals surface area (Å²) in [5.74, 6) is -1.47. The number of nitrogens with zero attached hydrogens (tertiary/aromatic N) is 2. The zero-order valence-electron chi connectivity index (χ0n) is 14.5. The van der Waals surface area contributed by atoms with Crippen molar-refractivity contribution in [1.82, 2.24) is 9.73 Å². The molecule has 27 heavy (non-hydrogen) atoms. The number of carbonyl (C=O) groups is 1. The molecule has 0 aliphatic carbocycles. The zero-order chi connectivity index (χ0) is 20.2. The molecule has 1 amide bonds. The molecular weight excluding hydrogens is 397 g/mol. The van der Waals surface area contributed by atoms with Crippen molar-refractivity contribution in [3.8, 4) is 5.75 Å². The van der Waals surface area contributed by atoms with Crippen LogP contribution in [0.4, 0.5) is 4.39 Å². The lowest BCUT2D eigenvalue weighted by molar-refractivity contribution is -0.121. The molecule has 0 aliphatic rings. The molecule has 0 heterocycles. The molecule has 0 aromatic heterocycles. The first kappa shape index (κ1) is 20.8. The molecule has 0 radical (unpaired) electrons. The van der Waals surface area contributed by atoms with Crippen LogP contribution in [0.15, 0.2) is 52.5 Å². The molecule has 0 fully saturated rings. The molecule has 7 nitrogen and oxygen atoms in total. The van der Waals surface area contributed by atoms with Crippen molar-refractivity contribution in [2.24, 2.45) is 5.10 Å². The van der Waals surface area contributed by atoms with Gasteiger partial charge in [-0.25, -0.2) is 18.2 Å². The topological polar surface area (TPSA) is 99.1 Å². The molecule has 2 aromatic carbocycles. The molecule has 0 saturated heterocycles. The number of rotatable bonds is 6. The summed E-state index contributed by atoms with van der Waals surface area (Å²) in [5.41, 5.74) is 2.44. The van der Waals surface area contributed by atoms with E-state index in [2.05, 4.69) is 10.5 Å². The van der Waals surface area contributed by atoms with Crippen molar-refractivity contribution < 1.29 is 22.7 Å². The van der Waals surface area contributed by atoms with E-state index in [9.17, 15) is 22.7 Å². The highest BCUT2D eigenvalue weighted by molar-refractivity contribution is 7.89. The smallest absolute Gasteiger partial charge is 0.255 e. The summed E-state index contributed by atoms with van der Waals surface area (Å²) in [6.45, 7) is 0.972. The van der Waals surface area contributed by atoms with Crippen LogP contribution in [0.5, 0.6) is 5.75 Å².